The molecule has 0 aromatic carbocycles. The topological polar surface area (TPSA) is 52.3 Å². The zero-order chi connectivity index (χ0) is 7.98. The summed E-state index contributed by atoms with van der Waals surface area (Å²) in [6.07, 6.45) is 3.15. The minimum absolute atomic E-state index is 0.0543. The van der Waals surface area contributed by atoms with Gasteiger partial charge in [0.15, 0.2) is 0 Å². The smallest absolute Gasteiger partial charge is 0.331 e. The summed E-state index contributed by atoms with van der Waals surface area (Å²) in [5.74, 6) is -0.0125. The fourth-order valence-corrected chi connectivity index (χ4v) is 0.401. The van der Waals surface area contributed by atoms with Gasteiger partial charge in [0.1, 0.15) is 6.73 Å². The summed E-state index contributed by atoms with van der Waals surface area (Å²) in [5.41, 5.74) is 4.96. The molecular weight excluding hydrogens is 130 g/mol. The van der Waals surface area contributed by atoms with Crippen molar-refractivity contribution in [3.8, 4) is 0 Å². The predicted octanol–water partition coefficient (Wildman–Crippen LogP) is 0.658. The number of nitrogens with two attached hydrogens (primary N) is 1. The molecule has 58 valence electrons. The highest BCUT2D eigenvalue weighted by molar-refractivity contribution is 5.81. The molecule has 0 saturated heterocycles. The Morgan fingerprint density at radius 1 is 1.70 bits per heavy atom. The molecule has 3 nitrogen and oxygen atoms in total. The first kappa shape index (κ1) is 9.17. The van der Waals surface area contributed by atoms with Gasteiger partial charge in [0.05, 0.1) is 0 Å². The normalized spacial score (nSPS) is 10.8. The molecule has 3 heteroatoms. The summed E-state index contributed by atoms with van der Waals surface area (Å²) < 4.78 is 4.44. The van der Waals surface area contributed by atoms with Crippen molar-refractivity contribution in [2.75, 3.05) is 6.73 Å². The van der Waals surface area contributed by atoms with Gasteiger partial charge >= 0.3 is 5.97 Å². The van der Waals surface area contributed by atoms with Gasteiger partial charge in [-0.2, -0.15) is 0 Å². The van der Waals surface area contributed by atoms with Crippen LogP contribution in [0.1, 0.15) is 13.8 Å². The predicted molar refractivity (Wildman–Crippen MR) is 39.1 cm³/mol. The van der Waals surface area contributed by atoms with E-state index in [9.17, 15) is 4.79 Å². The lowest BCUT2D eigenvalue weighted by Gasteiger charge is -1.95. The van der Waals surface area contributed by atoms with Crippen molar-refractivity contribution in [2.24, 2.45) is 11.7 Å². The van der Waals surface area contributed by atoms with E-state index in [0.29, 0.717) is 5.92 Å². The van der Waals surface area contributed by atoms with Crippen LogP contribution < -0.4 is 5.73 Å². The lowest BCUT2D eigenvalue weighted by atomic mass is 10.2. The van der Waals surface area contributed by atoms with Crippen LogP contribution >= 0.6 is 0 Å². The van der Waals surface area contributed by atoms with E-state index >= 15 is 0 Å². The van der Waals surface area contributed by atoms with Gasteiger partial charge in [-0.1, -0.05) is 19.9 Å². The highest BCUT2D eigenvalue weighted by Gasteiger charge is 1.92. The van der Waals surface area contributed by atoms with E-state index in [4.69, 9.17) is 5.73 Å². The van der Waals surface area contributed by atoms with E-state index in [0.717, 1.165) is 0 Å². The molecule has 0 aliphatic rings. The average molecular weight is 143 g/mol. The van der Waals surface area contributed by atoms with Crippen molar-refractivity contribution in [2.45, 2.75) is 13.8 Å². The van der Waals surface area contributed by atoms with E-state index in [-0.39, 0.29) is 12.7 Å². The molecular formula is C7H13NO2. The molecule has 0 radical (unpaired) electrons. The van der Waals surface area contributed by atoms with Crippen LogP contribution in [0.25, 0.3) is 0 Å². The largest absolute Gasteiger partial charge is 0.447 e. The monoisotopic (exact) mass is 143 g/mol. The number of rotatable bonds is 3. The van der Waals surface area contributed by atoms with Crippen LogP contribution in [0.5, 0.6) is 0 Å². The van der Waals surface area contributed by atoms with Gasteiger partial charge in [-0.3, -0.25) is 5.73 Å². The first-order chi connectivity index (χ1) is 4.66. The van der Waals surface area contributed by atoms with Crippen molar-refractivity contribution in [1.82, 2.24) is 0 Å². The fourth-order valence-electron chi connectivity index (χ4n) is 0.401. The maximum absolute atomic E-state index is 10.6. The van der Waals surface area contributed by atoms with Gasteiger partial charge in [0.2, 0.25) is 0 Å². The first-order valence-corrected chi connectivity index (χ1v) is 3.22. The van der Waals surface area contributed by atoms with Gasteiger partial charge in [-0.05, 0) is 5.92 Å². The lowest BCUT2D eigenvalue weighted by Crippen LogP contribution is -2.09. The van der Waals surface area contributed by atoms with Gasteiger partial charge < -0.3 is 4.74 Å². The molecule has 0 bridgehead atoms. The van der Waals surface area contributed by atoms with Gasteiger partial charge in [0.25, 0.3) is 0 Å². The average Bonchev–Trinajstić information content (AvgIpc) is 1.85. The summed E-state index contributed by atoms with van der Waals surface area (Å²) in [6, 6.07) is 0. The summed E-state index contributed by atoms with van der Waals surface area (Å²) in [4.78, 5) is 10.6. The highest BCUT2D eigenvalue weighted by atomic mass is 16.5. The number of hydrogen-bond acceptors (Lipinski definition) is 3. The molecule has 0 aromatic rings. The third kappa shape index (κ3) is 5.31. The highest BCUT2D eigenvalue weighted by Crippen LogP contribution is 1.93. The Morgan fingerprint density at radius 3 is 2.70 bits per heavy atom. The third-order valence-electron chi connectivity index (χ3n) is 0.843. The van der Waals surface area contributed by atoms with Crippen LogP contribution in [0, 0.1) is 5.92 Å². The quantitative estimate of drug-likeness (QED) is 0.358. The molecule has 0 heterocycles. The van der Waals surface area contributed by atoms with E-state index in [2.05, 4.69) is 4.74 Å². The third-order valence-corrected chi connectivity index (χ3v) is 0.843. The van der Waals surface area contributed by atoms with Crippen LogP contribution in [0.2, 0.25) is 0 Å². The Morgan fingerprint density at radius 2 is 2.30 bits per heavy atom. The molecule has 0 aliphatic heterocycles. The van der Waals surface area contributed by atoms with Crippen molar-refractivity contribution >= 4 is 5.97 Å². The number of hydrogen-bond donors (Lipinski definition) is 1. The minimum Gasteiger partial charge on any atom is -0.447 e. The number of allylic oxidation sites excluding steroid dienone is 1. The molecule has 0 amide bonds. The van der Waals surface area contributed by atoms with Crippen molar-refractivity contribution in [1.29, 1.82) is 0 Å². The molecule has 0 rings (SSSR count). The van der Waals surface area contributed by atoms with E-state index in [1.807, 2.05) is 13.8 Å². The number of carbonyl (C=O) groups is 1. The zero-order valence-electron chi connectivity index (χ0n) is 6.33. The second-order valence-corrected chi connectivity index (χ2v) is 2.23. The molecule has 0 spiro atoms. The molecule has 0 fully saturated rings. The van der Waals surface area contributed by atoms with Gasteiger partial charge in [0, 0.05) is 6.08 Å². The molecule has 0 unspecified atom stereocenters. The molecule has 0 aromatic heterocycles. The van der Waals surface area contributed by atoms with Crippen LogP contribution in [-0.2, 0) is 9.53 Å². The lowest BCUT2D eigenvalue weighted by molar-refractivity contribution is -0.137. The molecule has 0 aliphatic carbocycles. The van der Waals surface area contributed by atoms with Gasteiger partial charge in [-0.25, -0.2) is 4.79 Å². The zero-order valence-corrected chi connectivity index (χ0v) is 6.33. The Bertz CT molecular complexity index is 130. The summed E-state index contributed by atoms with van der Waals surface area (Å²) >= 11 is 0. The van der Waals surface area contributed by atoms with Crippen LogP contribution in [-0.4, -0.2) is 12.7 Å². The maximum Gasteiger partial charge on any atom is 0.331 e. The summed E-state index contributed by atoms with van der Waals surface area (Å²) in [7, 11) is 0. The van der Waals surface area contributed by atoms with Crippen LogP contribution in [0.4, 0.5) is 0 Å². The molecule has 0 atom stereocenters. The Hall–Kier alpha value is -0.830. The second-order valence-electron chi connectivity index (χ2n) is 2.23. The second kappa shape index (κ2) is 4.99. The van der Waals surface area contributed by atoms with Crippen molar-refractivity contribution < 1.29 is 9.53 Å². The van der Waals surface area contributed by atoms with Crippen LogP contribution in [0.3, 0.4) is 0 Å². The molecule has 0 saturated carbocycles. The van der Waals surface area contributed by atoms with E-state index in [1.54, 1.807) is 6.08 Å². The summed E-state index contributed by atoms with van der Waals surface area (Å²) in [5, 5.41) is 0. The minimum atomic E-state index is -0.379. The van der Waals surface area contributed by atoms with Crippen molar-refractivity contribution in [3.63, 3.8) is 0 Å². The van der Waals surface area contributed by atoms with Crippen LogP contribution in [0.15, 0.2) is 12.2 Å². The molecule has 10 heavy (non-hydrogen) atoms. The Balaban J connectivity index is 3.56. The van der Waals surface area contributed by atoms with E-state index in [1.165, 1.54) is 6.08 Å². The number of ether oxygens (including phenoxy) is 1. The maximum atomic E-state index is 10.6. The summed E-state index contributed by atoms with van der Waals surface area (Å²) in [6.45, 7) is 3.90. The standard InChI is InChI=1S/C7H13NO2/c1-6(2)3-4-7(9)10-5-8/h3-4,6H,5,8H2,1-2H3. The molecule has 2 N–H and O–H groups in total. The first-order valence-electron chi connectivity index (χ1n) is 3.22. The SMILES string of the molecule is CC(C)C=CC(=O)OCN. The van der Waals surface area contributed by atoms with E-state index < -0.39 is 0 Å². The number of esters is 1. The van der Waals surface area contributed by atoms with Gasteiger partial charge in [-0.15, -0.1) is 0 Å². The number of carbonyl (C=O) groups excluding carboxylic acids is 1. The Labute approximate surface area is 60.9 Å². The van der Waals surface area contributed by atoms with Crippen molar-refractivity contribution in [3.05, 3.63) is 12.2 Å². The fraction of sp³-hybridized carbons (Fsp3) is 0.571. The Kier molecular flexibility index (Phi) is 4.58.